The van der Waals surface area contributed by atoms with E-state index in [-0.39, 0.29) is 5.82 Å². The zero-order valence-electron chi connectivity index (χ0n) is 16.8. The molecular formula is C25H24FN3O. The monoisotopic (exact) mass is 401 g/mol. The summed E-state index contributed by atoms with van der Waals surface area (Å²) < 4.78 is 20.1. The van der Waals surface area contributed by atoms with Crippen LogP contribution in [0.2, 0.25) is 0 Å². The molecule has 0 unspecified atom stereocenters. The Labute approximate surface area is 175 Å². The van der Waals surface area contributed by atoms with Crippen LogP contribution in [0.4, 0.5) is 4.39 Å². The van der Waals surface area contributed by atoms with E-state index in [1.807, 2.05) is 48.5 Å². The van der Waals surface area contributed by atoms with Crippen LogP contribution in [0, 0.1) is 11.2 Å². The van der Waals surface area contributed by atoms with Crippen molar-refractivity contribution >= 4 is 11.4 Å². The van der Waals surface area contributed by atoms with E-state index in [0.29, 0.717) is 36.6 Å². The van der Waals surface area contributed by atoms with E-state index in [1.54, 1.807) is 19.2 Å². The van der Waals surface area contributed by atoms with Crippen molar-refractivity contribution in [2.45, 2.75) is 6.54 Å². The van der Waals surface area contributed by atoms with Gasteiger partial charge in [0.05, 0.1) is 18.5 Å². The number of nitrogens with one attached hydrogen (secondary N) is 3. The van der Waals surface area contributed by atoms with Crippen LogP contribution < -0.4 is 15.4 Å². The van der Waals surface area contributed by atoms with E-state index in [4.69, 9.17) is 10.1 Å². The minimum absolute atomic E-state index is 0.299. The first-order valence-corrected chi connectivity index (χ1v) is 9.90. The summed E-state index contributed by atoms with van der Waals surface area (Å²) in [6.45, 7) is 1.55. The molecule has 5 heteroatoms. The molecule has 3 aromatic rings. The molecule has 1 aliphatic heterocycles. The molecule has 0 radical (unpaired) electrons. The van der Waals surface area contributed by atoms with Crippen molar-refractivity contribution in [3.05, 3.63) is 95.3 Å². The number of ether oxygens (including phenoxy) is 1. The van der Waals surface area contributed by atoms with E-state index < -0.39 is 0 Å². The van der Waals surface area contributed by atoms with Crippen molar-refractivity contribution in [3.8, 4) is 16.9 Å². The van der Waals surface area contributed by atoms with Gasteiger partial charge in [-0.05, 0) is 35.4 Å². The number of halogens is 1. The molecule has 0 saturated carbocycles. The lowest BCUT2D eigenvalue weighted by Gasteiger charge is -2.17. The van der Waals surface area contributed by atoms with Gasteiger partial charge in [0.25, 0.3) is 0 Å². The topological polar surface area (TPSA) is 57.1 Å². The summed E-state index contributed by atoms with van der Waals surface area (Å²) >= 11 is 0. The first-order chi connectivity index (χ1) is 14.7. The summed E-state index contributed by atoms with van der Waals surface area (Å²) in [4.78, 5) is 0. The molecule has 4 nitrogen and oxygen atoms in total. The standard InChI is InChI=1S/C25H24FN3O/c1-30-24-12-11-17(13-20(24)18-7-3-2-4-8-18)14-29-25(21-15-28-16-23(21)27)19-9-5-6-10-22(19)26/h2-13,27-29H,14-16H2,1H3/b25-21-,27-23?. The van der Waals surface area contributed by atoms with Gasteiger partial charge in [0.1, 0.15) is 11.6 Å². The third kappa shape index (κ3) is 4.11. The van der Waals surface area contributed by atoms with Gasteiger partial charge in [0.15, 0.2) is 0 Å². The molecule has 1 saturated heterocycles. The fourth-order valence-electron chi connectivity index (χ4n) is 3.69. The van der Waals surface area contributed by atoms with Gasteiger partial charge in [-0.15, -0.1) is 0 Å². The molecule has 0 atom stereocenters. The zero-order chi connectivity index (χ0) is 20.9. The predicted molar refractivity (Wildman–Crippen MR) is 119 cm³/mol. The number of hydrogen-bond acceptors (Lipinski definition) is 4. The van der Waals surface area contributed by atoms with Gasteiger partial charge in [-0.2, -0.15) is 0 Å². The summed E-state index contributed by atoms with van der Waals surface area (Å²) in [5.74, 6) is 0.506. The fraction of sp³-hybridized carbons (Fsp3) is 0.160. The van der Waals surface area contributed by atoms with Gasteiger partial charge >= 0.3 is 0 Å². The summed E-state index contributed by atoms with van der Waals surface area (Å²) in [7, 11) is 1.67. The summed E-state index contributed by atoms with van der Waals surface area (Å²) in [5.41, 5.74) is 5.57. The molecule has 4 rings (SSSR count). The van der Waals surface area contributed by atoms with Crippen molar-refractivity contribution in [2.24, 2.45) is 0 Å². The van der Waals surface area contributed by atoms with E-state index in [1.165, 1.54) is 6.07 Å². The Hall–Kier alpha value is -3.44. The van der Waals surface area contributed by atoms with Gasteiger partial charge in [-0.1, -0.05) is 48.5 Å². The van der Waals surface area contributed by atoms with Crippen LogP contribution in [-0.2, 0) is 6.54 Å². The number of benzene rings is 3. The maximum atomic E-state index is 14.5. The molecule has 3 N–H and O–H groups in total. The van der Waals surface area contributed by atoms with Crippen molar-refractivity contribution in [3.63, 3.8) is 0 Å². The summed E-state index contributed by atoms with van der Waals surface area (Å²) in [6.07, 6.45) is 0. The average molecular weight is 401 g/mol. The zero-order valence-corrected chi connectivity index (χ0v) is 16.8. The average Bonchev–Trinajstić information content (AvgIpc) is 3.21. The Balaban J connectivity index is 1.67. The Morgan fingerprint density at radius 2 is 1.80 bits per heavy atom. The highest BCUT2D eigenvalue weighted by atomic mass is 19.1. The van der Waals surface area contributed by atoms with Crippen LogP contribution in [0.15, 0.2) is 78.4 Å². The van der Waals surface area contributed by atoms with E-state index in [9.17, 15) is 4.39 Å². The van der Waals surface area contributed by atoms with Crippen LogP contribution in [0.25, 0.3) is 16.8 Å². The van der Waals surface area contributed by atoms with Gasteiger partial charge in [0, 0.05) is 36.3 Å². The largest absolute Gasteiger partial charge is 0.496 e. The maximum Gasteiger partial charge on any atom is 0.132 e. The first-order valence-electron chi connectivity index (χ1n) is 9.90. The molecule has 1 aliphatic rings. The Morgan fingerprint density at radius 3 is 2.50 bits per heavy atom. The second-order valence-electron chi connectivity index (χ2n) is 7.17. The van der Waals surface area contributed by atoms with Gasteiger partial charge in [0.2, 0.25) is 0 Å². The number of hydrogen-bond donors (Lipinski definition) is 3. The van der Waals surface area contributed by atoms with E-state index in [2.05, 4.69) is 16.7 Å². The molecule has 30 heavy (non-hydrogen) atoms. The fourth-order valence-corrected chi connectivity index (χ4v) is 3.69. The van der Waals surface area contributed by atoms with Crippen LogP contribution in [-0.4, -0.2) is 25.9 Å². The normalized spacial score (nSPS) is 15.2. The molecule has 0 spiro atoms. The molecule has 3 aromatic carbocycles. The quantitative estimate of drug-likeness (QED) is 0.565. The van der Waals surface area contributed by atoms with Crippen molar-refractivity contribution < 1.29 is 9.13 Å². The molecular weight excluding hydrogens is 377 g/mol. The minimum atomic E-state index is -0.299. The molecule has 152 valence electrons. The lowest BCUT2D eigenvalue weighted by Crippen LogP contribution is -2.18. The summed E-state index contributed by atoms with van der Waals surface area (Å²) in [5, 5.41) is 14.8. The predicted octanol–water partition coefficient (Wildman–Crippen LogP) is 4.63. The number of rotatable bonds is 6. The van der Waals surface area contributed by atoms with Crippen molar-refractivity contribution in [1.29, 1.82) is 5.41 Å². The second kappa shape index (κ2) is 8.93. The minimum Gasteiger partial charge on any atom is -0.496 e. The highest BCUT2D eigenvalue weighted by molar-refractivity contribution is 6.07. The molecule has 0 aliphatic carbocycles. The second-order valence-corrected chi connectivity index (χ2v) is 7.17. The first kappa shape index (κ1) is 19.9. The van der Waals surface area contributed by atoms with Crippen molar-refractivity contribution in [1.82, 2.24) is 10.6 Å². The Kier molecular flexibility index (Phi) is 5.91. The lowest BCUT2D eigenvalue weighted by atomic mass is 10.0. The third-order valence-corrected chi connectivity index (χ3v) is 5.23. The highest BCUT2D eigenvalue weighted by Gasteiger charge is 2.20. The van der Waals surface area contributed by atoms with Gasteiger partial charge in [-0.3, -0.25) is 0 Å². The Morgan fingerprint density at radius 1 is 1.03 bits per heavy atom. The van der Waals surface area contributed by atoms with Crippen LogP contribution in [0.1, 0.15) is 11.1 Å². The maximum absolute atomic E-state index is 14.5. The smallest absolute Gasteiger partial charge is 0.132 e. The van der Waals surface area contributed by atoms with Crippen LogP contribution >= 0.6 is 0 Å². The SMILES string of the molecule is COc1ccc(CN/C(=C2/CNCC2=N)c2ccccc2F)cc1-c1ccccc1. The number of methoxy groups -OCH3 is 1. The lowest BCUT2D eigenvalue weighted by molar-refractivity contribution is 0.416. The van der Waals surface area contributed by atoms with Gasteiger partial charge < -0.3 is 20.8 Å². The van der Waals surface area contributed by atoms with Gasteiger partial charge in [-0.25, -0.2) is 4.39 Å². The summed E-state index contributed by atoms with van der Waals surface area (Å²) in [6, 6.07) is 22.8. The van der Waals surface area contributed by atoms with E-state index in [0.717, 1.165) is 28.0 Å². The van der Waals surface area contributed by atoms with Crippen LogP contribution in [0.5, 0.6) is 5.75 Å². The highest BCUT2D eigenvalue weighted by Crippen LogP contribution is 2.31. The molecule has 0 amide bonds. The van der Waals surface area contributed by atoms with Crippen molar-refractivity contribution in [2.75, 3.05) is 20.2 Å². The molecule has 0 bridgehead atoms. The van der Waals surface area contributed by atoms with Crippen LogP contribution in [0.3, 0.4) is 0 Å². The third-order valence-electron chi connectivity index (χ3n) is 5.23. The molecule has 1 heterocycles. The van der Waals surface area contributed by atoms with E-state index >= 15 is 0 Å². The Bertz CT molecular complexity index is 1090. The molecule has 0 aromatic heterocycles. The molecule has 1 fully saturated rings.